The first-order valence-corrected chi connectivity index (χ1v) is 12.3. The summed E-state index contributed by atoms with van der Waals surface area (Å²) in [5.74, 6) is 1.64. The normalized spacial score (nSPS) is 11.4. The van der Waals surface area contributed by atoms with Crippen LogP contribution in [0, 0.1) is 6.92 Å². The number of rotatable bonds is 5. The number of nitrogens with zero attached hydrogens (tertiary/aromatic N) is 2. The molecule has 0 radical (unpaired) electrons. The fraction of sp³-hybridized carbons (Fsp3) is 0.130. The van der Waals surface area contributed by atoms with Crippen LogP contribution < -0.4 is 15.2 Å². The van der Waals surface area contributed by atoms with Crippen LogP contribution in [-0.4, -0.2) is 23.3 Å². The Morgan fingerprint density at radius 1 is 0.857 bits per heavy atom. The summed E-state index contributed by atoms with van der Waals surface area (Å²) in [6.07, 6.45) is 1.87. The first-order chi connectivity index (χ1) is 13.5. The van der Waals surface area contributed by atoms with Gasteiger partial charge in [0.15, 0.2) is 0 Å². The van der Waals surface area contributed by atoms with Gasteiger partial charge in [0.05, 0.1) is 5.69 Å². The molecule has 0 amide bonds. The van der Waals surface area contributed by atoms with E-state index in [1.54, 1.807) is 0 Å². The highest BCUT2D eigenvalue weighted by Crippen LogP contribution is 2.26. The molecule has 0 spiro atoms. The molecule has 5 heteroatoms. The lowest BCUT2D eigenvalue weighted by atomic mass is 10.1. The Kier molecular flexibility index (Phi) is 4.84. The third kappa shape index (κ3) is 3.75. The number of pyridine rings is 1. The lowest BCUT2D eigenvalue weighted by molar-refractivity contribution is 0.483. The van der Waals surface area contributed by atoms with Gasteiger partial charge in [-0.05, 0) is 54.6 Å². The van der Waals surface area contributed by atoms with Crippen molar-refractivity contribution < 1.29 is 4.74 Å². The van der Waals surface area contributed by atoms with E-state index in [1.807, 2.05) is 55.6 Å². The molecule has 0 aliphatic carbocycles. The molecule has 2 aromatic carbocycles. The van der Waals surface area contributed by atoms with Crippen LogP contribution in [0.3, 0.4) is 0 Å². The van der Waals surface area contributed by atoms with Gasteiger partial charge in [0.2, 0.25) is 0 Å². The van der Waals surface area contributed by atoms with E-state index in [2.05, 4.69) is 58.6 Å². The van der Waals surface area contributed by atoms with Gasteiger partial charge in [-0.25, -0.2) is 0 Å². The number of hydrogen-bond acceptors (Lipinski definition) is 3. The van der Waals surface area contributed by atoms with Gasteiger partial charge < -0.3 is 4.74 Å². The molecule has 0 saturated heterocycles. The number of aryl methyl sites for hydroxylation is 1. The maximum Gasteiger partial charge on any atom is 0.135 e. The summed E-state index contributed by atoms with van der Waals surface area (Å²) in [6.45, 7) is 6.62. The maximum atomic E-state index is 6.18. The predicted molar refractivity (Wildman–Crippen MR) is 116 cm³/mol. The first kappa shape index (κ1) is 18.2. The van der Waals surface area contributed by atoms with E-state index in [0.29, 0.717) is 0 Å². The number of aromatic amines is 1. The summed E-state index contributed by atoms with van der Waals surface area (Å²) in [5, 5.41) is 9.78. The largest absolute Gasteiger partial charge is 0.457 e. The van der Waals surface area contributed by atoms with Crippen molar-refractivity contribution >= 4 is 18.6 Å². The lowest BCUT2D eigenvalue weighted by Gasteiger charge is -2.22. The quantitative estimate of drug-likeness (QED) is 0.518. The molecule has 0 aliphatic rings. The van der Waals surface area contributed by atoms with E-state index in [4.69, 9.17) is 4.74 Å². The highest BCUT2D eigenvalue weighted by atomic mass is 28.3. The second-order valence-corrected chi connectivity index (χ2v) is 11.8. The number of benzene rings is 2. The Morgan fingerprint density at radius 3 is 2.36 bits per heavy atom. The zero-order valence-electron chi connectivity index (χ0n) is 16.3. The summed E-state index contributed by atoms with van der Waals surface area (Å²) in [5.41, 5.74) is 2.98. The van der Waals surface area contributed by atoms with Crippen molar-refractivity contribution in [2.75, 3.05) is 0 Å². The molecular formula is C23H23N3OSi. The highest BCUT2D eigenvalue weighted by Gasteiger charge is 2.27. The predicted octanol–water partition coefficient (Wildman–Crippen LogP) is 4.40. The van der Waals surface area contributed by atoms with Crippen molar-refractivity contribution in [3.8, 4) is 22.8 Å². The molecule has 4 nitrogen and oxygen atoms in total. The van der Waals surface area contributed by atoms with E-state index in [1.165, 1.54) is 10.5 Å². The summed E-state index contributed by atoms with van der Waals surface area (Å²) < 4.78 is 6.18. The molecule has 4 aromatic rings. The highest BCUT2D eigenvalue weighted by molar-refractivity contribution is 6.99. The van der Waals surface area contributed by atoms with Crippen LogP contribution in [0.15, 0.2) is 79.0 Å². The van der Waals surface area contributed by atoms with E-state index in [0.717, 1.165) is 28.5 Å². The van der Waals surface area contributed by atoms with E-state index in [-0.39, 0.29) is 0 Å². The summed E-state index contributed by atoms with van der Waals surface area (Å²) >= 11 is 0. The second-order valence-electron chi connectivity index (χ2n) is 7.43. The smallest absolute Gasteiger partial charge is 0.135 e. The van der Waals surface area contributed by atoms with Crippen molar-refractivity contribution in [2.45, 2.75) is 20.0 Å². The Labute approximate surface area is 166 Å². The van der Waals surface area contributed by atoms with Crippen LogP contribution >= 0.6 is 0 Å². The Morgan fingerprint density at radius 2 is 1.64 bits per heavy atom. The van der Waals surface area contributed by atoms with Gasteiger partial charge in [-0.15, -0.1) is 0 Å². The van der Waals surface area contributed by atoms with E-state index < -0.39 is 8.07 Å². The minimum atomic E-state index is -1.87. The van der Waals surface area contributed by atoms with Crippen molar-refractivity contribution in [3.63, 3.8) is 0 Å². The maximum absolute atomic E-state index is 6.18. The molecule has 0 aliphatic heterocycles. The Bertz CT molecular complexity index is 1090. The van der Waals surface area contributed by atoms with Gasteiger partial charge >= 0.3 is 0 Å². The Balaban J connectivity index is 1.61. The zero-order chi connectivity index (χ0) is 19.6. The summed E-state index contributed by atoms with van der Waals surface area (Å²) in [6, 6.07) is 24.6. The van der Waals surface area contributed by atoms with Crippen molar-refractivity contribution in [2.24, 2.45) is 0 Å². The molecule has 0 atom stereocenters. The van der Waals surface area contributed by atoms with Crippen LogP contribution in [0.1, 0.15) is 5.69 Å². The standard InChI is InChI=1S/C23H23N3OSi/c1-17-14-22(26-25-17)18-8-6-9-19(15-18)27-20-10-7-11-21(16-20)28(2,3)23-12-4-5-13-24-23/h4-16H,1-3H3,(H,25,26). The number of H-pyrrole nitrogens is 1. The molecule has 140 valence electrons. The molecule has 0 bridgehead atoms. The van der Waals surface area contributed by atoms with Crippen LogP contribution in [0.25, 0.3) is 11.3 Å². The lowest BCUT2D eigenvalue weighted by Crippen LogP contribution is -2.54. The van der Waals surface area contributed by atoms with E-state index >= 15 is 0 Å². The number of nitrogens with one attached hydrogen (secondary N) is 1. The van der Waals surface area contributed by atoms with Crippen LogP contribution in [0.2, 0.25) is 13.1 Å². The van der Waals surface area contributed by atoms with Gasteiger partial charge in [0, 0.05) is 22.8 Å². The minimum Gasteiger partial charge on any atom is -0.457 e. The third-order valence-corrected chi connectivity index (χ3v) is 8.26. The van der Waals surface area contributed by atoms with E-state index in [9.17, 15) is 0 Å². The summed E-state index contributed by atoms with van der Waals surface area (Å²) in [7, 11) is -1.87. The van der Waals surface area contributed by atoms with Gasteiger partial charge in [-0.1, -0.05) is 43.4 Å². The van der Waals surface area contributed by atoms with Crippen LogP contribution in [0.5, 0.6) is 11.5 Å². The third-order valence-electron chi connectivity index (χ3n) is 4.93. The first-order valence-electron chi connectivity index (χ1n) is 9.35. The molecule has 0 saturated carbocycles. The second kappa shape index (κ2) is 7.44. The monoisotopic (exact) mass is 385 g/mol. The van der Waals surface area contributed by atoms with Gasteiger partial charge in [-0.3, -0.25) is 10.1 Å². The fourth-order valence-corrected chi connectivity index (χ4v) is 5.47. The van der Waals surface area contributed by atoms with Crippen molar-refractivity contribution in [1.82, 2.24) is 15.2 Å². The molecule has 0 unspecified atom stereocenters. The molecule has 1 N–H and O–H groups in total. The molecule has 2 aromatic heterocycles. The van der Waals surface area contributed by atoms with Gasteiger partial charge in [-0.2, -0.15) is 5.10 Å². The van der Waals surface area contributed by atoms with Crippen LogP contribution in [0.4, 0.5) is 0 Å². The topological polar surface area (TPSA) is 50.8 Å². The number of ether oxygens (including phenoxy) is 1. The van der Waals surface area contributed by atoms with Crippen molar-refractivity contribution in [1.29, 1.82) is 0 Å². The van der Waals surface area contributed by atoms with Crippen LogP contribution in [-0.2, 0) is 0 Å². The Hall–Kier alpha value is -3.18. The molecule has 0 fully saturated rings. The number of hydrogen-bond donors (Lipinski definition) is 1. The fourth-order valence-electron chi connectivity index (χ4n) is 3.25. The zero-order valence-corrected chi connectivity index (χ0v) is 17.3. The summed E-state index contributed by atoms with van der Waals surface area (Å²) in [4.78, 5) is 4.60. The molecular weight excluding hydrogens is 362 g/mol. The van der Waals surface area contributed by atoms with Gasteiger partial charge in [0.25, 0.3) is 0 Å². The SMILES string of the molecule is Cc1cc(-c2cccc(Oc3cccc([Si](C)(C)c4ccccn4)c3)c2)n[nH]1. The molecule has 28 heavy (non-hydrogen) atoms. The van der Waals surface area contributed by atoms with Crippen molar-refractivity contribution in [3.05, 3.63) is 84.7 Å². The average Bonchev–Trinajstić information content (AvgIpc) is 3.15. The number of aromatic nitrogens is 3. The molecule has 2 heterocycles. The molecule has 4 rings (SSSR count). The van der Waals surface area contributed by atoms with Gasteiger partial charge in [0.1, 0.15) is 19.6 Å². The minimum absolute atomic E-state index is 0.799. The average molecular weight is 386 g/mol.